The van der Waals surface area contributed by atoms with Crippen LogP contribution < -0.4 is 15.8 Å². The van der Waals surface area contributed by atoms with Crippen LogP contribution in [-0.2, 0) is 0 Å². The van der Waals surface area contributed by atoms with Gasteiger partial charge in [0.2, 0.25) is 0 Å². The van der Waals surface area contributed by atoms with Crippen molar-refractivity contribution in [2.45, 2.75) is 32.2 Å². The SMILES string of the molecule is CC(C)c1ccc([C@@H](CN2CCC2)Nc2ncnc3c(OC(N)=O)cccc23)cc1. The third-order valence-corrected chi connectivity index (χ3v) is 5.54. The molecule has 1 atom stereocenters. The molecule has 0 aliphatic carbocycles. The van der Waals surface area contributed by atoms with E-state index in [1.807, 2.05) is 6.07 Å². The van der Waals surface area contributed by atoms with Gasteiger partial charge in [0.1, 0.15) is 17.7 Å². The van der Waals surface area contributed by atoms with Crippen LogP contribution in [0.15, 0.2) is 48.8 Å². The molecule has 1 amide bonds. The van der Waals surface area contributed by atoms with Crippen molar-refractivity contribution >= 4 is 22.8 Å². The Bertz CT molecular complexity index is 1030. The van der Waals surface area contributed by atoms with Crippen LogP contribution in [0.5, 0.6) is 5.75 Å². The van der Waals surface area contributed by atoms with Gasteiger partial charge in [0, 0.05) is 11.9 Å². The van der Waals surface area contributed by atoms with Gasteiger partial charge in [-0.2, -0.15) is 0 Å². The number of hydrogen-bond donors (Lipinski definition) is 2. The Balaban J connectivity index is 1.67. The molecule has 7 heteroatoms. The molecule has 0 radical (unpaired) electrons. The Kier molecular flexibility index (Phi) is 5.81. The van der Waals surface area contributed by atoms with Gasteiger partial charge in [0.25, 0.3) is 0 Å². The Labute approximate surface area is 176 Å². The van der Waals surface area contributed by atoms with E-state index >= 15 is 0 Å². The van der Waals surface area contributed by atoms with Crippen molar-refractivity contribution in [3.63, 3.8) is 0 Å². The second kappa shape index (κ2) is 8.67. The van der Waals surface area contributed by atoms with Crippen molar-refractivity contribution in [1.29, 1.82) is 0 Å². The molecule has 1 saturated heterocycles. The lowest BCUT2D eigenvalue weighted by atomic mass is 9.98. The summed E-state index contributed by atoms with van der Waals surface area (Å²) < 4.78 is 5.11. The van der Waals surface area contributed by atoms with Gasteiger partial charge in [-0.25, -0.2) is 14.8 Å². The van der Waals surface area contributed by atoms with Gasteiger partial charge in [0.15, 0.2) is 5.75 Å². The highest BCUT2D eigenvalue weighted by atomic mass is 16.5. The van der Waals surface area contributed by atoms with E-state index in [1.54, 1.807) is 12.1 Å². The maximum absolute atomic E-state index is 11.2. The molecule has 2 aromatic carbocycles. The standard InChI is InChI=1S/C23H27N5O2/c1-15(2)16-7-9-17(10-8-16)19(13-28-11-4-12-28)27-22-18-5-3-6-20(30-23(24)29)21(18)25-14-26-22/h3,5-10,14-15,19H,4,11-13H2,1-2H3,(H2,24,29)(H,25,26,27)/t19-/m1/s1. The Morgan fingerprint density at radius 3 is 2.50 bits per heavy atom. The molecule has 0 saturated carbocycles. The zero-order chi connectivity index (χ0) is 21.1. The number of anilines is 1. The van der Waals surface area contributed by atoms with Crippen LogP contribution in [0.4, 0.5) is 10.6 Å². The highest BCUT2D eigenvalue weighted by Crippen LogP contribution is 2.31. The molecular weight excluding hydrogens is 378 g/mol. The lowest BCUT2D eigenvalue weighted by Gasteiger charge is -2.35. The molecule has 3 aromatic rings. The number of carbonyl (C=O) groups is 1. The molecule has 1 aliphatic rings. The number of nitrogens with one attached hydrogen (secondary N) is 1. The third kappa shape index (κ3) is 4.36. The molecule has 2 heterocycles. The monoisotopic (exact) mass is 405 g/mol. The summed E-state index contributed by atoms with van der Waals surface area (Å²) in [5.41, 5.74) is 8.27. The predicted molar refractivity (Wildman–Crippen MR) is 118 cm³/mol. The van der Waals surface area contributed by atoms with Gasteiger partial charge >= 0.3 is 6.09 Å². The summed E-state index contributed by atoms with van der Waals surface area (Å²) >= 11 is 0. The topological polar surface area (TPSA) is 93.4 Å². The maximum Gasteiger partial charge on any atom is 0.410 e. The molecule has 1 aromatic heterocycles. The quantitative estimate of drug-likeness (QED) is 0.615. The number of hydrogen-bond acceptors (Lipinski definition) is 6. The number of amides is 1. The smallest absolute Gasteiger partial charge is 0.408 e. The first kappa shape index (κ1) is 20.1. The number of primary amides is 1. The van der Waals surface area contributed by atoms with E-state index in [-0.39, 0.29) is 6.04 Å². The average Bonchev–Trinajstić information content (AvgIpc) is 2.70. The van der Waals surface area contributed by atoms with Crippen molar-refractivity contribution < 1.29 is 9.53 Å². The number of nitrogens with zero attached hydrogens (tertiary/aromatic N) is 3. The van der Waals surface area contributed by atoms with E-state index in [1.165, 1.54) is 23.9 Å². The summed E-state index contributed by atoms with van der Waals surface area (Å²) in [6, 6.07) is 14.2. The molecule has 0 bridgehead atoms. The highest BCUT2D eigenvalue weighted by Gasteiger charge is 2.22. The average molecular weight is 406 g/mol. The number of ether oxygens (including phenoxy) is 1. The second-order valence-corrected chi connectivity index (χ2v) is 7.97. The van der Waals surface area contributed by atoms with Crippen molar-refractivity contribution in [3.8, 4) is 5.75 Å². The van der Waals surface area contributed by atoms with Crippen LogP contribution >= 0.6 is 0 Å². The molecule has 1 fully saturated rings. The van der Waals surface area contributed by atoms with Gasteiger partial charge in [-0.05, 0) is 48.7 Å². The summed E-state index contributed by atoms with van der Waals surface area (Å²) in [5.74, 6) is 1.52. The number of benzene rings is 2. The Morgan fingerprint density at radius 1 is 1.13 bits per heavy atom. The first-order chi connectivity index (χ1) is 14.5. The minimum absolute atomic E-state index is 0.0744. The number of aromatic nitrogens is 2. The van der Waals surface area contributed by atoms with E-state index < -0.39 is 6.09 Å². The Hall–Kier alpha value is -3.19. The normalized spacial score (nSPS) is 15.0. The fraction of sp³-hybridized carbons (Fsp3) is 0.348. The molecule has 156 valence electrons. The predicted octanol–water partition coefficient (Wildman–Crippen LogP) is 4.07. The number of carbonyl (C=O) groups excluding carboxylic acids is 1. The maximum atomic E-state index is 11.2. The first-order valence-electron chi connectivity index (χ1n) is 10.3. The summed E-state index contributed by atoms with van der Waals surface area (Å²) in [4.78, 5) is 22.4. The molecule has 3 N–H and O–H groups in total. The zero-order valence-corrected chi connectivity index (χ0v) is 17.3. The van der Waals surface area contributed by atoms with Crippen molar-refractivity contribution in [2.75, 3.05) is 25.0 Å². The van der Waals surface area contributed by atoms with Crippen molar-refractivity contribution in [1.82, 2.24) is 14.9 Å². The summed E-state index contributed by atoms with van der Waals surface area (Å²) in [6.45, 7) is 7.52. The lowest BCUT2D eigenvalue weighted by Crippen LogP contribution is -2.41. The molecule has 7 nitrogen and oxygen atoms in total. The van der Waals surface area contributed by atoms with E-state index in [0.29, 0.717) is 23.0 Å². The molecule has 0 unspecified atom stereocenters. The number of nitrogens with two attached hydrogens (primary N) is 1. The van der Waals surface area contributed by atoms with Gasteiger partial charge < -0.3 is 20.7 Å². The molecule has 0 spiro atoms. The fourth-order valence-corrected chi connectivity index (χ4v) is 3.70. The van der Waals surface area contributed by atoms with Gasteiger partial charge in [0.05, 0.1) is 6.04 Å². The zero-order valence-electron chi connectivity index (χ0n) is 17.3. The molecular formula is C23H27N5O2. The van der Waals surface area contributed by atoms with Gasteiger partial charge in [-0.3, -0.25) is 0 Å². The largest absolute Gasteiger partial charge is 0.410 e. The van der Waals surface area contributed by atoms with Gasteiger partial charge in [-0.1, -0.05) is 44.2 Å². The Morgan fingerprint density at radius 2 is 1.87 bits per heavy atom. The second-order valence-electron chi connectivity index (χ2n) is 7.97. The summed E-state index contributed by atoms with van der Waals surface area (Å²) in [6.07, 6.45) is 1.85. The fourth-order valence-electron chi connectivity index (χ4n) is 3.70. The van der Waals surface area contributed by atoms with Crippen molar-refractivity contribution in [2.24, 2.45) is 5.73 Å². The third-order valence-electron chi connectivity index (χ3n) is 5.54. The van der Waals surface area contributed by atoms with Crippen molar-refractivity contribution in [3.05, 3.63) is 59.9 Å². The summed E-state index contributed by atoms with van der Waals surface area (Å²) in [5, 5.41) is 4.38. The number of fused-ring (bicyclic) bond motifs is 1. The van der Waals surface area contributed by atoms with Crippen LogP contribution in [-0.4, -0.2) is 40.6 Å². The van der Waals surface area contributed by atoms with Crippen LogP contribution in [0.3, 0.4) is 0 Å². The number of likely N-dealkylation sites (tertiary alicyclic amines) is 1. The number of para-hydroxylation sites is 1. The van der Waals surface area contributed by atoms with E-state index in [0.717, 1.165) is 25.0 Å². The van der Waals surface area contributed by atoms with Gasteiger partial charge in [-0.15, -0.1) is 0 Å². The first-order valence-corrected chi connectivity index (χ1v) is 10.3. The van der Waals surface area contributed by atoms with E-state index in [2.05, 4.69) is 58.3 Å². The molecule has 4 rings (SSSR count). The lowest BCUT2D eigenvalue weighted by molar-refractivity contribution is 0.174. The van der Waals surface area contributed by atoms with E-state index in [9.17, 15) is 4.79 Å². The highest BCUT2D eigenvalue weighted by molar-refractivity contribution is 5.94. The van der Waals surface area contributed by atoms with Crippen LogP contribution in [0.2, 0.25) is 0 Å². The van der Waals surface area contributed by atoms with Crippen LogP contribution in [0.1, 0.15) is 43.4 Å². The number of rotatable bonds is 7. The van der Waals surface area contributed by atoms with Crippen LogP contribution in [0.25, 0.3) is 10.9 Å². The molecule has 1 aliphatic heterocycles. The minimum atomic E-state index is -0.864. The molecule has 30 heavy (non-hydrogen) atoms. The van der Waals surface area contributed by atoms with E-state index in [4.69, 9.17) is 10.5 Å². The minimum Gasteiger partial charge on any atom is -0.408 e. The van der Waals surface area contributed by atoms with Crippen LogP contribution in [0, 0.1) is 0 Å². The summed E-state index contributed by atoms with van der Waals surface area (Å²) in [7, 11) is 0.